The summed E-state index contributed by atoms with van der Waals surface area (Å²) in [7, 11) is 0. The van der Waals surface area contributed by atoms with Gasteiger partial charge in [-0.25, -0.2) is 4.79 Å². The molecule has 0 N–H and O–H groups in total. The van der Waals surface area contributed by atoms with Crippen molar-refractivity contribution in [2.75, 3.05) is 13.1 Å². The predicted octanol–water partition coefficient (Wildman–Crippen LogP) is 7.82. The highest BCUT2D eigenvalue weighted by Gasteiger charge is 2.26. The molecule has 1 heterocycles. The number of hydrogen-bond donors (Lipinski definition) is 0. The van der Waals surface area contributed by atoms with E-state index in [4.69, 9.17) is 27.9 Å². The Morgan fingerprint density at radius 1 is 0.868 bits per heavy atom. The molecule has 0 bridgehead atoms. The molecular formula is C30H33Cl2NO5. The van der Waals surface area contributed by atoms with Crippen LogP contribution >= 0.6 is 23.2 Å². The molecule has 1 saturated heterocycles. The van der Waals surface area contributed by atoms with E-state index in [0.29, 0.717) is 28.6 Å². The number of amides is 1. The first kappa shape index (κ1) is 31.0. The zero-order valence-electron chi connectivity index (χ0n) is 22.3. The van der Waals surface area contributed by atoms with Gasteiger partial charge in [0.1, 0.15) is 5.60 Å². The minimum atomic E-state index is -0.489. The fraction of sp³-hybridized carbons (Fsp3) is 0.333. The molecule has 1 fully saturated rings. The maximum absolute atomic E-state index is 11.5. The van der Waals surface area contributed by atoms with E-state index in [1.165, 1.54) is 17.2 Å². The molecule has 0 aliphatic carbocycles. The van der Waals surface area contributed by atoms with E-state index in [2.05, 4.69) is 0 Å². The van der Waals surface area contributed by atoms with Gasteiger partial charge in [0, 0.05) is 29.1 Å². The van der Waals surface area contributed by atoms with Crippen molar-refractivity contribution in [3.8, 4) is 0 Å². The minimum absolute atomic E-state index is 0.0494. The maximum atomic E-state index is 11.5. The van der Waals surface area contributed by atoms with Crippen LogP contribution in [0.3, 0.4) is 0 Å². The summed E-state index contributed by atoms with van der Waals surface area (Å²) >= 11 is 11.3. The Kier molecular flexibility index (Phi) is 11.5. The van der Waals surface area contributed by atoms with E-state index in [-0.39, 0.29) is 30.0 Å². The SMILES string of the molecule is CC(=O)c1ccc(Cl)cc1Cl.CC(=O)c1ccc2ccccc2c1.CC(C)(C)OC(=O)N1CCCC(=O)C1. The van der Waals surface area contributed by atoms with Crippen LogP contribution in [0.1, 0.15) is 68.2 Å². The van der Waals surface area contributed by atoms with Gasteiger partial charge in [-0.1, -0.05) is 59.6 Å². The number of rotatable bonds is 2. The zero-order valence-corrected chi connectivity index (χ0v) is 23.9. The molecule has 4 rings (SSSR count). The molecule has 1 amide bonds. The van der Waals surface area contributed by atoms with Crippen molar-refractivity contribution in [1.29, 1.82) is 0 Å². The molecule has 0 aromatic heterocycles. The van der Waals surface area contributed by atoms with E-state index < -0.39 is 5.60 Å². The van der Waals surface area contributed by atoms with Gasteiger partial charge in [-0.05, 0) is 76.1 Å². The van der Waals surface area contributed by atoms with Crippen molar-refractivity contribution in [2.24, 2.45) is 0 Å². The fourth-order valence-electron chi connectivity index (χ4n) is 3.50. The number of carbonyl (C=O) groups is 4. The summed E-state index contributed by atoms with van der Waals surface area (Å²) in [6, 6.07) is 18.6. The molecule has 0 atom stereocenters. The summed E-state index contributed by atoms with van der Waals surface area (Å²) in [6.07, 6.45) is 0.947. The van der Waals surface area contributed by atoms with Crippen LogP contribution in [0.4, 0.5) is 4.79 Å². The number of likely N-dealkylation sites (tertiary alicyclic amines) is 1. The molecule has 1 aliphatic heterocycles. The molecule has 0 radical (unpaired) electrons. The van der Waals surface area contributed by atoms with Gasteiger partial charge < -0.3 is 9.64 Å². The lowest BCUT2D eigenvalue weighted by molar-refractivity contribution is -0.122. The van der Waals surface area contributed by atoms with Crippen LogP contribution in [-0.4, -0.2) is 47.0 Å². The van der Waals surface area contributed by atoms with Crippen LogP contribution < -0.4 is 0 Å². The second kappa shape index (κ2) is 14.1. The van der Waals surface area contributed by atoms with Gasteiger partial charge in [-0.2, -0.15) is 0 Å². The number of nitrogens with zero attached hydrogens (tertiary/aromatic N) is 1. The first-order valence-corrected chi connectivity index (χ1v) is 13.0. The summed E-state index contributed by atoms with van der Waals surface area (Å²) in [5.41, 5.74) is 0.798. The summed E-state index contributed by atoms with van der Waals surface area (Å²) in [5.74, 6) is 0.180. The van der Waals surface area contributed by atoms with E-state index in [1.807, 2.05) is 63.2 Å². The van der Waals surface area contributed by atoms with E-state index in [1.54, 1.807) is 25.1 Å². The monoisotopic (exact) mass is 557 g/mol. The maximum Gasteiger partial charge on any atom is 0.410 e. The highest BCUT2D eigenvalue weighted by molar-refractivity contribution is 6.36. The van der Waals surface area contributed by atoms with Crippen molar-refractivity contribution < 1.29 is 23.9 Å². The zero-order chi connectivity index (χ0) is 28.5. The lowest BCUT2D eigenvalue weighted by atomic mass is 10.1. The molecule has 6 nitrogen and oxygen atoms in total. The summed E-state index contributed by atoms with van der Waals surface area (Å²) in [6.45, 7) is 9.33. The molecule has 0 spiro atoms. The molecule has 0 saturated carbocycles. The molecular weight excluding hydrogens is 525 g/mol. The van der Waals surface area contributed by atoms with Crippen LogP contribution in [0.5, 0.6) is 0 Å². The van der Waals surface area contributed by atoms with E-state index >= 15 is 0 Å². The van der Waals surface area contributed by atoms with E-state index in [9.17, 15) is 19.2 Å². The molecule has 38 heavy (non-hydrogen) atoms. The number of ketones is 3. The van der Waals surface area contributed by atoms with Gasteiger partial charge in [-0.3, -0.25) is 14.4 Å². The Balaban J connectivity index is 0.000000202. The normalized spacial score (nSPS) is 13.0. The number of Topliss-reactive ketones (excluding diaryl/α,β-unsaturated/α-hetero) is 3. The largest absolute Gasteiger partial charge is 0.444 e. The highest BCUT2D eigenvalue weighted by Crippen LogP contribution is 2.21. The Bertz CT molecular complexity index is 1310. The third kappa shape index (κ3) is 10.3. The number of carbonyl (C=O) groups excluding carboxylic acids is 4. The third-order valence-corrected chi connectivity index (χ3v) is 5.92. The van der Waals surface area contributed by atoms with Gasteiger partial charge in [-0.15, -0.1) is 0 Å². The van der Waals surface area contributed by atoms with Crippen LogP contribution in [0.25, 0.3) is 10.8 Å². The second-order valence-corrected chi connectivity index (χ2v) is 10.7. The van der Waals surface area contributed by atoms with Gasteiger partial charge in [0.05, 0.1) is 11.6 Å². The highest BCUT2D eigenvalue weighted by atomic mass is 35.5. The molecule has 1 aliphatic rings. The molecule has 8 heteroatoms. The standard InChI is InChI=1S/C12H10O.C10H17NO3.C8H6Cl2O/c1-9(13)11-7-6-10-4-2-3-5-12(10)8-11;1-10(2,3)14-9(13)11-6-4-5-8(12)7-11;1-5(11)7-3-2-6(9)4-8(7)10/h2-8H,1H3;4-7H2,1-3H3;2-4H,1H3. The van der Waals surface area contributed by atoms with Crippen molar-refractivity contribution in [1.82, 2.24) is 4.90 Å². The number of hydrogen-bond acceptors (Lipinski definition) is 5. The number of ether oxygens (including phenoxy) is 1. The van der Waals surface area contributed by atoms with Crippen LogP contribution in [0.2, 0.25) is 10.0 Å². The minimum Gasteiger partial charge on any atom is -0.444 e. The summed E-state index contributed by atoms with van der Waals surface area (Å²) in [4.78, 5) is 46.0. The first-order valence-electron chi connectivity index (χ1n) is 12.2. The summed E-state index contributed by atoms with van der Waals surface area (Å²) in [5, 5.41) is 3.24. The van der Waals surface area contributed by atoms with Crippen molar-refractivity contribution in [3.05, 3.63) is 81.8 Å². The predicted molar refractivity (Wildman–Crippen MR) is 152 cm³/mol. The van der Waals surface area contributed by atoms with Crippen LogP contribution in [0.15, 0.2) is 60.7 Å². The molecule has 202 valence electrons. The smallest absolute Gasteiger partial charge is 0.410 e. The Morgan fingerprint density at radius 3 is 2.08 bits per heavy atom. The number of fused-ring (bicyclic) bond motifs is 1. The average Bonchev–Trinajstić information content (AvgIpc) is 2.83. The lowest BCUT2D eigenvalue weighted by Crippen LogP contribution is -2.43. The quantitative estimate of drug-likeness (QED) is 0.300. The molecule has 3 aromatic carbocycles. The average molecular weight is 559 g/mol. The Morgan fingerprint density at radius 2 is 1.53 bits per heavy atom. The first-order chi connectivity index (χ1) is 17.8. The van der Waals surface area contributed by atoms with Gasteiger partial charge >= 0.3 is 6.09 Å². The topological polar surface area (TPSA) is 80.8 Å². The Labute approximate surface area is 233 Å². The van der Waals surface area contributed by atoms with Crippen LogP contribution in [0, 0.1) is 0 Å². The van der Waals surface area contributed by atoms with Crippen molar-refractivity contribution >= 4 is 57.4 Å². The molecule has 0 unspecified atom stereocenters. The number of piperidine rings is 1. The lowest BCUT2D eigenvalue weighted by Gasteiger charge is -2.29. The second-order valence-electron chi connectivity index (χ2n) is 9.84. The molecule has 3 aromatic rings. The van der Waals surface area contributed by atoms with E-state index in [0.717, 1.165) is 17.4 Å². The fourth-order valence-corrected chi connectivity index (χ4v) is 4.05. The van der Waals surface area contributed by atoms with Gasteiger partial charge in [0.2, 0.25) is 0 Å². The van der Waals surface area contributed by atoms with Crippen LogP contribution in [-0.2, 0) is 9.53 Å². The van der Waals surface area contributed by atoms with Gasteiger partial charge in [0.15, 0.2) is 17.3 Å². The Hall–Kier alpha value is -3.22. The van der Waals surface area contributed by atoms with Crippen molar-refractivity contribution in [3.63, 3.8) is 0 Å². The number of halogens is 2. The van der Waals surface area contributed by atoms with Crippen molar-refractivity contribution in [2.45, 2.75) is 53.1 Å². The number of benzene rings is 3. The van der Waals surface area contributed by atoms with Gasteiger partial charge in [0.25, 0.3) is 0 Å². The third-order valence-electron chi connectivity index (χ3n) is 5.37. The summed E-state index contributed by atoms with van der Waals surface area (Å²) < 4.78 is 5.16.